The van der Waals surface area contributed by atoms with Crippen molar-refractivity contribution in [2.75, 3.05) is 26.4 Å². The van der Waals surface area contributed by atoms with Crippen molar-refractivity contribution in [3.8, 4) is 0 Å². The van der Waals surface area contributed by atoms with Crippen molar-refractivity contribution in [3.63, 3.8) is 0 Å². The molecule has 10 heteroatoms. The average Bonchev–Trinajstić information content (AvgIpc) is 3.13. The first-order chi connectivity index (χ1) is 25.3. The molecule has 0 saturated carbocycles. The number of unbranched alkanes of at least 4 members (excludes halogenated alkanes) is 26. The van der Waals surface area contributed by atoms with Crippen LogP contribution in [0.5, 0.6) is 0 Å². The van der Waals surface area contributed by atoms with Gasteiger partial charge in [0, 0.05) is 19.4 Å². The molecule has 9 nitrogen and oxygen atoms in total. The average molecular weight is 760 g/mol. The predicted octanol–water partition coefficient (Wildman–Crippen LogP) is 12.2. The van der Waals surface area contributed by atoms with Crippen molar-refractivity contribution in [1.82, 2.24) is 0 Å². The molecule has 0 bridgehead atoms. The minimum absolute atomic E-state index is 0.0547. The van der Waals surface area contributed by atoms with Gasteiger partial charge in [-0.2, -0.15) is 0 Å². The van der Waals surface area contributed by atoms with Crippen LogP contribution in [0.2, 0.25) is 0 Å². The van der Waals surface area contributed by atoms with Gasteiger partial charge in [-0.05, 0) is 32.1 Å². The van der Waals surface area contributed by atoms with Crippen molar-refractivity contribution in [1.29, 1.82) is 0 Å². The normalized spacial score (nSPS) is 13.4. The summed E-state index contributed by atoms with van der Waals surface area (Å²) in [4.78, 5) is 34.8. The molecule has 0 aromatic heterocycles. The van der Waals surface area contributed by atoms with E-state index in [9.17, 15) is 19.0 Å². The molecule has 2 atom stereocenters. The topological polar surface area (TPSA) is 134 Å². The Morgan fingerprint density at radius 1 is 0.558 bits per heavy atom. The van der Waals surface area contributed by atoms with Gasteiger partial charge in [-0.1, -0.05) is 180 Å². The van der Waals surface area contributed by atoms with Crippen LogP contribution in [0.1, 0.15) is 213 Å². The molecule has 3 N–H and O–H groups in total. The van der Waals surface area contributed by atoms with Crippen LogP contribution in [-0.4, -0.2) is 49.3 Å². The highest BCUT2D eigenvalue weighted by Gasteiger charge is 2.26. The van der Waals surface area contributed by atoms with Gasteiger partial charge in [0.15, 0.2) is 6.10 Å². The Balaban J connectivity index is 4.04. The van der Waals surface area contributed by atoms with Gasteiger partial charge in [0.1, 0.15) is 6.61 Å². The number of hydrogen-bond acceptors (Lipinski definition) is 8. The van der Waals surface area contributed by atoms with E-state index < -0.39 is 26.5 Å². The lowest BCUT2D eigenvalue weighted by molar-refractivity contribution is -0.161. The second kappa shape index (κ2) is 39.4. The van der Waals surface area contributed by atoms with Gasteiger partial charge in [-0.3, -0.25) is 18.6 Å². The van der Waals surface area contributed by atoms with Gasteiger partial charge in [-0.25, -0.2) is 4.57 Å². The molecule has 308 valence electrons. The van der Waals surface area contributed by atoms with Crippen LogP contribution >= 0.6 is 7.82 Å². The van der Waals surface area contributed by atoms with Gasteiger partial charge in [0.2, 0.25) is 0 Å². The van der Waals surface area contributed by atoms with Crippen molar-refractivity contribution in [3.05, 3.63) is 12.2 Å². The highest BCUT2D eigenvalue weighted by Crippen LogP contribution is 2.43. The Labute approximate surface area is 319 Å². The van der Waals surface area contributed by atoms with Gasteiger partial charge >= 0.3 is 19.8 Å². The number of phosphoric ester groups is 1. The summed E-state index contributed by atoms with van der Waals surface area (Å²) in [5, 5.41) is 0. The standard InChI is InChI=1S/C42H82NO8P/c1-3-5-7-9-11-13-15-16-17-18-19-20-21-22-23-25-26-28-30-32-34-41(44)48-38-40(39-50-52(46,47)49-37-36-43)51-42(45)35-33-31-29-27-24-14-12-10-8-6-4-2/h10,12,40H,3-9,11,13-39,43H2,1-2H3,(H,46,47)/b12-10+/t40-/m1/s1. The summed E-state index contributed by atoms with van der Waals surface area (Å²) < 4.78 is 32.7. The number of esters is 2. The van der Waals surface area contributed by atoms with E-state index in [2.05, 4.69) is 26.0 Å². The van der Waals surface area contributed by atoms with E-state index in [0.717, 1.165) is 57.8 Å². The van der Waals surface area contributed by atoms with E-state index in [1.165, 1.54) is 122 Å². The first kappa shape index (κ1) is 50.8. The van der Waals surface area contributed by atoms with Crippen molar-refractivity contribution < 1.29 is 37.6 Å². The molecule has 0 rings (SSSR count). The van der Waals surface area contributed by atoms with Crippen molar-refractivity contribution in [2.45, 2.75) is 219 Å². The molecule has 0 amide bonds. The molecule has 0 spiro atoms. The van der Waals surface area contributed by atoms with E-state index in [0.29, 0.717) is 6.42 Å². The Kier molecular flexibility index (Phi) is 38.5. The summed E-state index contributed by atoms with van der Waals surface area (Å²) in [7, 11) is -4.37. The maximum Gasteiger partial charge on any atom is 0.472 e. The number of carbonyl (C=O) groups excluding carboxylic acids is 2. The summed E-state index contributed by atoms with van der Waals surface area (Å²) in [5.74, 6) is -0.830. The number of phosphoric acid groups is 1. The molecule has 52 heavy (non-hydrogen) atoms. The molecule has 0 radical (unpaired) electrons. The molecule has 0 aliphatic carbocycles. The quantitative estimate of drug-likeness (QED) is 0.0270. The summed E-state index contributed by atoms with van der Waals surface area (Å²) in [6.45, 7) is 3.71. The summed E-state index contributed by atoms with van der Waals surface area (Å²) >= 11 is 0. The van der Waals surface area contributed by atoms with Crippen LogP contribution in [-0.2, 0) is 32.7 Å². The molecule has 0 aliphatic rings. The Morgan fingerprint density at radius 3 is 1.42 bits per heavy atom. The van der Waals surface area contributed by atoms with Crippen LogP contribution < -0.4 is 5.73 Å². The molecule has 0 heterocycles. The first-order valence-corrected chi connectivity index (χ1v) is 23.2. The maximum atomic E-state index is 12.5. The molecule has 0 aromatic carbocycles. The fourth-order valence-electron chi connectivity index (χ4n) is 6.15. The second-order valence-corrected chi connectivity index (χ2v) is 16.0. The number of rotatable bonds is 41. The zero-order valence-electron chi connectivity index (χ0n) is 33.8. The van der Waals surface area contributed by atoms with Crippen LogP contribution in [0, 0.1) is 0 Å². The Hall–Kier alpha value is -1.25. The number of hydrogen-bond donors (Lipinski definition) is 2. The van der Waals surface area contributed by atoms with Crippen molar-refractivity contribution in [2.24, 2.45) is 5.73 Å². The van der Waals surface area contributed by atoms with Gasteiger partial charge in [-0.15, -0.1) is 0 Å². The molecule has 0 fully saturated rings. The van der Waals surface area contributed by atoms with Gasteiger partial charge in [0.25, 0.3) is 0 Å². The SMILES string of the molecule is CCCC/C=C/CCCCCCCC(=O)O[C@H](COC(=O)CCCCCCCCCCCCCCCCCCCCCC)COP(=O)(O)OCCN. The maximum absolute atomic E-state index is 12.5. The van der Waals surface area contributed by atoms with Gasteiger partial charge in [0.05, 0.1) is 13.2 Å². The first-order valence-electron chi connectivity index (χ1n) is 21.7. The molecular formula is C42H82NO8P. The number of allylic oxidation sites excluding steroid dienone is 2. The van der Waals surface area contributed by atoms with Gasteiger partial charge < -0.3 is 20.1 Å². The number of ether oxygens (including phenoxy) is 2. The molecular weight excluding hydrogens is 677 g/mol. The van der Waals surface area contributed by atoms with E-state index in [4.69, 9.17) is 24.3 Å². The smallest absolute Gasteiger partial charge is 0.462 e. The third kappa shape index (κ3) is 38.5. The van der Waals surface area contributed by atoms with E-state index in [1.807, 2.05) is 0 Å². The molecule has 1 unspecified atom stereocenters. The zero-order valence-corrected chi connectivity index (χ0v) is 34.7. The lowest BCUT2D eigenvalue weighted by atomic mass is 10.0. The van der Waals surface area contributed by atoms with E-state index in [-0.39, 0.29) is 38.6 Å². The zero-order chi connectivity index (χ0) is 38.2. The fourth-order valence-corrected chi connectivity index (χ4v) is 6.91. The fraction of sp³-hybridized carbons (Fsp3) is 0.905. The molecule has 0 saturated heterocycles. The summed E-state index contributed by atoms with van der Waals surface area (Å²) in [5.41, 5.74) is 5.34. The lowest BCUT2D eigenvalue weighted by Gasteiger charge is -2.19. The minimum atomic E-state index is -4.37. The van der Waals surface area contributed by atoms with Crippen LogP contribution in [0.4, 0.5) is 0 Å². The monoisotopic (exact) mass is 760 g/mol. The lowest BCUT2D eigenvalue weighted by Crippen LogP contribution is -2.29. The van der Waals surface area contributed by atoms with Crippen LogP contribution in [0.15, 0.2) is 12.2 Å². The molecule has 0 aromatic rings. The third-order valence-electron chi connectivity index (χ3n) is 9.40. The molecule has 0 aliphatic heterocycles. The van der Waals surface area contributed by atoms with Crippen molar-refractivity contribution >= 4 is 19.8 Å². The van der Waals surface area contributed by atoms with Crippen LogP contribution in [0.3, 0.4) is 0 Å². The number of carbonyl (C=O) groups is 2. The largest absolute Gasteiger partial charge is 0.472 e. The number of nitrogens with two attached hydrogens (primary N) is 1. The summed E-state index contributed by atoms with van der Waals surface area (Å²) in [6.07, 6.45) is 39.6. The minimum Gasteiger partial charge on any atom is -0.462 e. The van der Waals surface area contributed by atoms with Crippen LogP contribution in [0.25, 0.3) is 0 Å². The third-order valence-corrected chi connectivity index (χ3v) is 10.4. The highest BCUT2D eigenvalue weighted by atomic mass is 31.2. The highest BCUT2D eigenvalue weighted by molar-refractivity contribution is 7.47. The Bertz CT molecular complexity index is 871. The Morgan fingerprint density at radius 2 is 0.962 bits per heavy atom. The predicted molar refractivity (Wildman–Crippen MR) is 215 cm³/mol. The van der Waals surface area contributed by atoms with E-state index >= 15 is 0 Å². The summed E-state index contributed by atoms with van der Waals surface area (Å²) in [6, 6.07) is 0. The van der Waals surface area contributed by atoms with E-state index in [1.54, 1.807) is 0 Å². The second-order valence-electron chi connectivity index (χ2n) is 14.6.